The van der Waals surface area contributed by atoms with Gasteiger partial charge < -0.3 is 15.5 Å². The van der Waals surface area contributed by atoms with Gasteiger partial charge in [0.25, 0.3) is 0 Å². The van der Waals surface area contributed by atoms with Crippen LogP contribution in [-0.4, -0.2) is 21.2 Å². The van der Waals surface area contributed by atoms with Gasteiger partial charge in [0.2, 0.25) is 11.8 Å². The van der Waals surface area contributed by atoms with Crippen molar-refractivity contribution in [2.45, 2.75) is 6.42 Å². The van der Waals surface area contributed by atoms with Crippen molar-refractivity contribution >= 4 is 34.7 Å². The fourth-order valence-electron chi connectivity index (χ4n) is 3.13. The molecule has 0 bridgehead atoms. The van der Waals surface area contributed by atoms with Crippen molar-refractivity contribution in [3.63, 3.8) is 0 Å². The van der Waals surface area contributed by atoms with Gasteiger partial charge in [-0.3, -0.25) is 9.59 Å². The van der Waals surface area contributed by atoms with Crippen LogP contribution in [0.4, 0.5) is 5.69 Å². The van der Waals surface area contributed by atoms with Gasteiger partial charge in [-0.05, 0) is 48.5 Å². The third-order valence-electron chi connectivity index (χ3n) is 4.53. The first-order valence-corrected chi connectivity index (χ1v) is 9.31. The normalized spacial score (nSPS) is 10.8. The van der Waals surface area contributed by atoms with E-state index >= 15 is 0 Å². The van der Waals surface area contributed by atoms with Gasteiger partial charge in [-0.25, -0.2) is 4.98 Å². The maximum absolute atomic E-state index is 12.7. The molecule has 0 saturated carbocycles. The second-order valence-electron chi connectivity index (χ2n) is 6.51. The van der Waals surface area contributed by atoms with Crippen LogP contribution in [0.1, 0.15) is 16.1 Å². The molecule has 0 unspecified atom stereocenters. The molecule has 0 fully saturated rings. The molecule has 4 rings (SSSR count). The summed E-state index contributed by atoms with van der Waals surface area (Å²) in [5.74, 6) is -0.709. The third-order valence-corrected chi connectivity index (χ3v) is 4.78. The second kappa shape index (κ2) is 7.77. The molecule has 6 nitrogen and oxygen atoms in total. The highest BCUT2D eigenvalue weighted by Gasteiger charge is 2.17. The number of carbonyl (C=O) groups is 2. The molecule has 0 spiro atoms. The Morgan fingerprint density at radius 3 is 2.41 bits per heavy atom. The molecule has 2 aromatic heterocycles. The lowest BCUT2D eigenvalue weighted by atomic mass is 10.1. The summed E-state index contributed by atoms with van der Waals surface area (Å²) in [6.45, 7) is 0. The van der Waals surface area contributed by atoms with Crippen molar-refractivity contribution in [2.24, 2.45) is 5.73 Å². The number of halogens is 1. The zero-order chi connectivity index (χ0) is 20.4. The molecule has 7 heteroatoms. The molecule has 2 heterocycles. The fraction of sp³-hybridized carbons (Fsp3) is 0.0455. The van der Waals surface area contributed by atoms with Crippen molar-refractivity contribution in [3.05, 3.63) is 89.2 Å². The van der Waals surface area contributed by atoms with Crippen molar-refractivity contribution in [3.8, 4) is 11.3 Å². The number of nitrogens with zero attached hydrogens (tertiary/aromatic N) is 2. The maximum atomic E-state index is 12.7. The van der Waals surface area contributed by atoms with Crippen molar-refractivity contribution < 1.29 is 9.59 Å². The summed E-state index contributed by atoms with van der Waals surface area (Å²) in [6, 6.07) is 19.5. The maximum Gasteiger partial charge on any atom is 0.248 e. The number of rotatable bonds is 5. The van der Waals surface area contributed by atoms with E-state index in [1.807, 2.05) is 40.9 Å². The lowest BCUT2D eigenvalue weighted by Gasteiger charge is -2.08. The van der Waals surface area contributed by atoms with E-state index in [-0.39, 0.29) is 12.3 Å². The number of nitrogens with two attached hydrogens (primary N) is 1. The van der Waals surface area contributed by atoms with Gasteiger partial charge in [0, 0.05) is 28.0 Å². The van der Waals surface area contributed by atoms with E-state index in [4.69, 9.17) is 22.3 Å². The van der Waals surface area contributed by atoms with Crippen LogP contribution in [-0.2, 0) is 11.2 Å². The lowest BCUT2D eigenvalue weighted by molar-refractivity contribution is -0.115. The van der Waals surface area contributed by atoms with Crippen molar-refractivity contribution in [2.75, 3.05) is 5.32 Å². The Kier molecular flexibility index (Phi) is 5.01. The zero-order valence-corrected chi connectivity index (χ0v) is 16.1. The highest BCUT2D eigenvalue weighted by molar-refractivity contribution is 6.30. The van der Waals surface area contributed by atoms with Gasteiger partial charge in [0.1, 0.15) is 5.65 Å². The average molecular weight is 405 g/mol. The molecule has 0 aliphatic rings. The molecule has 2 amide bonds. The topological polar surface area (TPSA) is 89.5 Å². The van der Waals surface area contributed by atoms with Crippen LogP contribution in [0.2, 0.25) is 5.02 Å². The van der Waals surface area contributed by atoms with E-state index in [0.717, 1.165) is 22.6 Å². The molecule has 0 saturated heterocycles. The zero-order valence-electron chi connectivity index (χ0n) is 15.3. The van der Waals surface area contributed by atoms with E-state index in [1.54, 1.807) is 36.4 Å². The number of anilines is 1. The number of imidazole rings is 1. The Morgan fingerprint density at radius 1 is 1.00 bits per heavy atom. The van der Waals surface area contributed by atoms with Gasteiger partial charge >= 0.3 is 0 Å². The molecule has 4 aromatic rings. The van der Waals surface area contributed by atoms with E-state index in [1.165, 1.54) is 0 Å². The number of aromatic nitrogens is 2. The standard InChI is InChI=1S/C22H17ClN4O2/c23-16-8-4-14(5-9-16)21-18(27-12-2-1-3-19(27)26-21)13-20(28)25-17-10-6-15(7-11-17)22(24)29/h1-12H,13H2,(H2,24,29)(H,25,28). The van der Waals surface area contributed by atoms with Crippen LogP contribution in [0.25, 0.3) is 16.9 Å². The Balaban J connectivity index is 1.64. The van der Waals surface area contributed by atoms with E-state index in [0.29, 0.717) is 16.3 Å². The Labute approximate surface area is 171 Å². The number of hydrogen-bond acceptors (Lipinski definition) is 3. The van der Waals surface area contributed by atoms with Crippen LogP contribution >= 0.6 is 11.6 Å². The molecular weight excluding hydrogens is 388 g/mol. The first kappa shape index (κ1) is 18.7. The number of primary amides is 1. The molecule has 0 aliphatic heterocycles. The lowest BCUT2D eigenvalue weighted by Crippen LogP contribution is -2.16. The highest BCUT2D eigenvalue weighted by Crippen LogP contribution is 2.26. The second-order valence-corrected chi connectivity index (χ2v) is 6.95. The van der Waals surface area contributed by atoms with Gasteiger partial charge in [-0.15, -0.1) is 0 Å². The minimum Gasteiger partial charge on any atom is -0.366 e. The Bertz CT molecular complexity index is 1200. The van der Waals surface area contributed by atoms with E-state index in [2.05, 4.69) is 5.32 Å². The van der Waals surface area contributed by atoms with Crippen LogP contribution < -0.4 is 11.1 Å². The minimum absolute atomic E-state index is 0.126. The third kappa shape index (κ3) is 3.97. The summed E-state index contributed by atoms with van der Waals surface area (Å²) in [7, 11) is 0. The summed E-state index contributed by atoms with van der Waals surface area (Å²) < 4.78 is 1.90. The Hall–Kier alpha value is -3.64. The molecule has 3 N–H and O–H groups in total. The smallest absolute Gasteiger partial charge is 0.248 e. The first-order chi connectivity index (χ1) is 14.0. The first-order valence-electron chi connectivity index (χ1n) is 8.93. The summed E-state index contributed by atoms with van der Waals surface area (Å²) >= 11 is 6.00. The Morgan fingerprint density at radius 2 is 1.72 bits per heavy atom. The van der Waals surface area contributed by atoms with Crippen LogP contribution in [0.3, 0.4) is 0 Å². The molecule has 0 aliphatic carbocycles. The number of carbonyl (C=O) groups excluding carboxylic acids is 2. The number of benzene rings is 2. The quantitative estimate of drug-likeness (QED) is 0.528. The number of amides is 2. The minimum atomic E-state index is -0.513. The molecule has 144 valence electrons. The van der Waals surface area contributed by atoms with Gasteiger partial charge in [-0.1, -0.05) is 29.8 Å². The largest absolute Gasteiger partial charge is 0.366 e. The molecular formula is C22H17ClN4O2. The van der Waals surface area contributed by atoms with Crippen molar-refractivity contribution in [1.29, 1.82) is 0 Å². The monoisotopic (exact) mass is 404 g/mol. The highest BCUT2D eigenvalue weighted by atomic mass is 35.5. The SMILES string of the molecule is NC(=O)c1ccc(NC(=O)Cc2c(-c3ccc(Cl)cc3)nc3ccccn23)cc1. The predicted octanol–water partition coefficient (Wildman–Crippen LogP) is 3.93. The number of nitrogens with one attached hydrogen (secondary N) is 1. The molecule has 0 atom stereocenters. The number of fused-ring (bicyclic) bond motifs is 1. The summed E-state index contributed by atoms with van der Waals surface area (Å²) in [5.41, 5.74) is 9.35. The van der Waals surface area contributed by atoms with Crippen LogP contribution in [0.15, 0.2) is 72.9 Å². The number of hydrogen-bond donors (Lipinski definition) is 2. The van der Waals surface area contributed by atoms with Crippen molar-refractivity contribution in [1.82, 2.24) is 9.38 Å². The van der Waals surface area contributed by atoms with E-state index in [9.17, 15) is 9.59 Å². The fourth-order valence-corrected chi connectivity index (χ4v) is 3.26. The molecule has 2 aromatic carbocycles. The summed E-state index contributed by atoms with van der Waals surface area (Å²) in [4.78, 5) is 28.6. The number of pyridine rings is 1. The summed E-state index contributed by atoms with van der Waals surface area (Å²) in [6.07, 6.45) is 2.01. The van der Waals surface area contributed by atoms with Gasteiger partial charge in [0.15, 0.2) is 0 Å². The van der Waals surface area contributed by atoms with Gasteiger partial charge in [0.05, 0.1) is 17.8 Å². The molecule has 29 heavy (non-hydrogen) atoms. The van der Waals surface area contributed by atoms with Crippen LogP contribution in [0.5, 0.6) is 0 Å². The predicted molar refractivity (Wildman–Crippen MR) is 113 cm³/mol. The van der Waals surface area contributed by atoms with Gasteiger partial charge in [-0.2, -0.15) is 0 Å². The molecule has 0 radical (unpaired) electrons. The average Bonchev–Trinajstić information content (AvgIpc) is 3.07. The van der Waals surface area contributed by atoms with E-state index < -0.39 is 5.91 Å². The summed E-state index contributed by atoms with van der Waals surface area (Å²) in [5, 5.41) is 3.48. The van der Waals surface area contributed by atoms with Crippen LogP contribution in [0, 0.1) is 0 Å².